The summed E-state index contributed by atoms with van der Waals surface area (Å²) in [5.41, 5.74) is 2.08. The second kappa shape index (κ2) is 12.0. The number of para-hydroxylation sites is 1. The van der Waals surface area contributed by atoms with Gasteiger partial charge in [0.25, 0.3) is 5.56 Å². The first kappa shape index (κ1) is 27.6. The molecular weight excluding hydrogens is 568 g/mol. The normalized spacial score (nSPS) is 15.2. The first-order chi connectivity index (χ1) is 18.2. The average molecular weight is 598 g/mol. The zero-order valence-corrected chi connectivity index (χ0v) is 24.1. The molecule has 9 heteroatoms. The van der Waals surface area contributed by atoms with Crippen LogP contribution in [0.25, 0.3) is 6.08 Å². The van der Waals surface area contributed by atoms with Gasteiger partial charge in [-0.2, -0.15) is 0 Å². The van der Waals surface area contributed by atoms with Crippen LogP contribution in [0.2, 0.25) is 0 Å². The van der Waals surface area contributed by atoms with Crippen LogP contribution in [0.5, 0.6) is 11.5 Å². The molecule has 3 aromatic rings. The van der Waals surface area contributed by atoms with Gasteiger partial charge in [0.05, 0.1) is 33.0 Å². The van der Waals surface area contributed by atoms with Crippen molar-refractivity contribution in [1.82, 2.24) is 4.57 Å². The first-order valence-corrected chi connectivity index (χ1v) is 13.8. The molecule has 0 aliphatic carbocycles. The predicted octanol–water partition coefficient (Wildman–Crippen LogP) is 4.91. The number of halogens is 1. The predicted molar refractivity (Wildman–Crippen MR) is 152 cm³/mol. The van der Waals surface area contributed by atoms with E-state index >= 15 is 0 Å². The summed E-state index contributed by atoms with van der Waals surface area (Å²) in [7, 11) is 0. The van der Waals surface area contributed by atoms with Crippen LogP contribution in [-0.2, 0) is 9.53 Å². The molecule has 1 atom stereocenters. The molecule has 4 rings (SSSR count). The molecule has 0 radical (unpaired) electrons. The minimum absolute atomic E-state index is 0.0972. The maximum atomic E-state index is 13.9. The van der Waals surface area contributed by atoms with Gasteiger partial charge >= 0.3 is 5.97 Å². The second-order valence-electron chi connectivity index (χ2n) is 8.80. The third-order valence-electron chi connectivity index (χ3n) is 5.70. The van der Waals surface area contributed by atoms with Crippen molar-refractivity contribution in [3.8, 4) is 11.5 Å². The van der Waals surface area contributed by atoms with E-state index in [0.717, 1.165) is 10.0 Å². The summed E-state index contributed by atoms with van der Waals surface area (Å²) in [6.45, 7) is 11.6. The number of aromatic nitrogens is 1. The van der Waals surface area contributed by atoms with Gasteiger partial charge in [0, 0.05) is 5.56 Å². The van der Waals surface area contributed by atoms with Crippen molar-refractivity contribution in [3.05, 3.63) is 102 Å². The van der Waals surface area contributed by atoms with Gasteiger partial charge in [0.2, 0.25) is 0 Å². The molecule has 38 heavy (non-hydrogen) atoms. The number of ether oxygens (including phenoxy) is 3. The fraction of sp³-hybridized carbons (Fsp3) is 0.276. The molecule has 0 amide bonds. The van der Waals surface area contributed by atoms with E-state index in [1.54, 1.807) is 24.5 Å². The topological polar surface area (TPSA) is 79.1 Å². The molecule has 0 spiro atoms. The van der Waals surface area contributed by atoms with Gasteiger partial charge < -0.3 is 14.2 Å². The number of benzene rings is 2. The average Bonchev–Trinajstić information content (AvgIpc) is 3.17. The minimum atomic E-state index is -0.746. The summed E-state index contributed by atoms with van der Waals surface area (Å²) in [5.74, 6) is 0.768. The highest BCUT2D eigenvalue weighted by Crippen LogP contribution is 2.36. The molecule has 0 saturated carbocycles. The Morgan fingerprint density at radius 1 is 1.24 bits per heavy atom. The fourth-order valence-corrected chi connectivity index (χ4v) is 5.74. The fourth-order valence-electron chi connectivity index (χ4n) is 4.18. The van der Waals surface area contributed by atoms with Crippen LogP contribution in [0.1, 0.15) is 44.9 Å². The molecule has 0 N–H and O–H groups in total. The first-order valence-electron chi connectivity index (χ1n) is 12.2. The number of rotatable bonds is 9. The SMILES string of the molecule is C=CCOc1ccc(/C=c2/sc3n(c2=O)[C@H](c2ccccc2OC(C)C)C(C(=O)OCC)=C(C)N=3)cc1Br. The number of carbonyl (C=O) groups is 1. The number of nitrogens with zero attached hydrogens (tertiary/aromatic N) is 2. The Balaban J connectivity index is 1.91. The van der Waals surface area contributed by atoms with Crippen LogP contribution in [0.4, 0.5) is 0 Å². The Morgan fingerprint density at radius 3 is 2.68 bits per heavy atom. The summed E-state index contributed by atoms with van der Waals surface area (Å²) in [6, 6.07) is 12.3. The summed E-state index contributed by atoms with van der Waals surface area (Å²) < 4.78 is 19.9. The lowest BCUT2D eigenvalue weighted by Gasteiger charge is -2.26. The summed E-state index contributed by atoms with van der Waals surface area (Å²) in [4.78, 5) is 32.2. The lowest BCUT2D eigenvalue weighted by atomic mass is 9.95. The highest BCUT2D eigenvalue weighted by atomic mass is 79.9. The zero-order chi connectivity index (χ0) is 27.4. The second-order valence-corrected chi connectivity index (χ2v) is 10.7. The summed E-state index contributed by atoms with van der Waals surface area (Å²) in [6.07, 6.45) is 3.39. The number of carbonyl (C=O) groups excluding carboxylic acids is 1. The number of thiazole rings is 1. The molecule has 2 heterocycles. The van der Waals surface area contributed by atoms with E-state index in [0.29, 0.717) is 44.3 Å². The minimum Gasteiger partial charge on any atom is -0.491 e. The van der Waals surface area contributed by atoms with Gasteiger partial charge in [-0.3, -0.25) is 9.36 Å². The largest absolute Gasteiger partial charge is 0.491 e. The molecule has 1 aliphatic rings. The van der Waals surface area contributed by atoms with Crippen LogP contribution in [0.15, 0.2) is 80.6 Å². The molecule has 1 aliphatic heterocycles. The summed E-state index contributed by atoms with van der Waals surface area (Å²) in [5, 5.41) is 0. The molecule has 7 nitrogen and oxygen atoms in total. The number of esters is 1. The van der Waals surface area contributed by atoms with Gasteiger partial charge in [-0.1, -0.05) is 48.3 Å². The highest BCUT2D eigenvalue weighted by Gasteiger charge is 2.35. The molecule has 0 fully saturated rings. The van der Waals surface area contributed by atoms with Gasteiger partial charge in [0.1, 0.15) is 24.1 Å². The van der Waals surface area contributed by atoms with Crippen molar-refractivity contribution < 1.29 is 19.0 Å². The number of allylic oxidation sites excluding steroid dienone is 1. The lowest BCUT2D eigenvalue weighted by Crippen LogP contribution is -2.40. The van der Waals surface area contributed by atoms with Crippen molar-refractivity contribution in [2.45, 2.75) is 39.8 Å². The quantitative estimate of drug-likeness (QED) is 0.259. The Bertz CT molecular complexity index is 1580. The van der Waals surface area contributed by atoms with E-state index in [9.17, 15) is 9.59 Å². The molecular formula is C29H29BrN2O5S. The standard InChI is InChI=1S/C29H29BrN2O5S/c1-6-14-36-23-13-12-19(15-21(23)30)16-24-27(33)32-26(20-10-8-9-11-22(20)37-17(3)4)25(28(34)35-7-2)18(5)31-29(32)38-24/h6,8-13,15-17,26H,1,7,14H2,2-5H3/b24-16+/t26-/m1/s1. The molecule has 0 saturated heterocycles. The van der Waals surface area contributed by atoms with Crippen LogP contribution < -0.4 is 24.4 Å². The van der Waals surface area contributed by atoms with Crippen molar-refractivity contribution in [1.29, 1.82) is 0 Å². The van der Waals surface area contributed by atoms with Crippen molar-refractivity contribution in [3.63, 3.8) is 0 Å². The number of hydrogen-bond acceptors (Lipinski definition) is 7. The summed E-state index contributed by atoms with van der Waals surface area (Å²) >= 11 is 4.80. The van der Waals surface area contributed by atoms with Gasteiger partial charge in [-0.15, -0.1) is 0 Å². The van der Waals surface area contributed by atoms with E-state index < -0.39 is 12.0 Å². The maximum Gasteiger partial charge on any atom is 0.338 e. The number of hydrogen-bond donors (Lipinski definition) is 0. The number of fused-ring (bicyclic) bond motifs is 1. The van der Waals surface area contributed by atoms with Gasteiger partial charge in [-0.25, -0.2) is 9.79 Å². The van der Waals surface area contributed by atoms with Crippen LogP contribution >= 0.6 is 27.3 Å². The van der Waals surface area contributed by atoms with E-state index in [-0.39, 0.29) is 18.3 Å². The van der Waals surface area contributed by atoms with E-state index in [4.69, 9.17) is 14.2 Å². The third-order valence-corrected chi connectivity index (χ3v) is 7.31. The smallest absolute Gasteiger partial charge is 0.338 e. The Morgan fingerprint density at radius 2 is 2.00 bits per heavy atom. The van der Waals surface area contributed by atoms with Crippen LogP contribution in [0, 0.1) is 0 Å². The molecule has 2 aromatic carbocycles. The molecule has 1 aromatic heterocycles. The Kier molecular flexibility index (Phi) is 8.69. The Hall–Kier alpha value is -3.43. The third kappa shape index (κ3) is 5.68. The molecule has 0 bridgehead atoms. The highest BCUT2D eigenvalue weighted by molar-refractivity contribution is 9.10. The Labute approximate surface area is 233 Å². The van der Waals surface area contributed by atoms with Crippen molar-refractivity contribution in [2.24, 2.45) is 4.99 Å². The van der Waals surface area contributed by atoms with Crippen molar-refractivity contribution in [2.75, 3.05) is 13.2 Å². The van der Waals surface area contributed by atoms with Crippen LogP contribution in [-0.4, -0.2) is 29.9 Å². The van der Waals surface area contributed by atoms with Crippen molar-refractivity contribution >= 4 is 39.3 Å². The molecule has 0 unspecified atom stereocenters. The monoisotopic (exact) mass is 596 g/mol. The van der Waals surface area contributed by atoms with Gasteiger partial charge in [0.15, 0.2) is 4.80 Å². The lowest BCUT2D eigenvalue weighted by molar-refractivity contribution is -0.139. The van der Waals surface area contributed by atoms with E-state index in [1.807, 2.05) is 62.4 Å². The van der Waals surface area contributed by atoms with Gasteiger partial charge in [-0.05, 0) is 73.5 Å². The zero-order valence-electron chi connectivity index (χ0n) is 21.7. The van der Waals surface area contributed by atoms with Crippen LogP contribution in [0.3, 0.4) is 0 Å². The molecule has 198 valence electrons. The van der Waals surface area contributed by atoms with E-state index in [1.165, 1.54) is 11.3 Å². The maximum absolute atomic E-state index is 13.9. The van der Waals surface area contributed by atoms with E-state index in [2.05, 4.69) is 27.5 Å².